The monoisotopic (exact) mass is 554 g/mol. The van der Waals surface area contributed by atoms with Crippen molar-refractivity contribution in [3.05, 3.63) is 60.3 Å². The van der Waals surface area contributed by atoms with Crippen molar-refractivity contribution in [1.29, 1.82) is 0 Å². The summed E-state index contributed by atoms with van der Waals surface area (Å²) in [4.78, 5) is 23.0. The third-order valence-electron chi connectivity index (χ3n) is 4.83. The van der Waals surface area contributed by atoms with Crippen LogP contribution in [0.1, 0.15) is 46.6 Å². The first kappa shape index (κ1) is 33.4. The van der Waals surface area contributed by atoms with Crippen LogP contribution in [-0.2, 0) is 9.53 Å². The smallest absolute Gasteiger partial charge is 0.228 e. The maximum atomic E-state index is 10.5. The van der Waals surface area contributed by atoms with E-state index in [0.717, 1.165) is 53.2 Å². The van der Waals surface area contributed by atoms with Crippen LogP contribution in [0.15, 0.2) is 69.8 Å². The summed E-state index contributed by atoms with van der Waals surface area (Å²) in [6, 6.07) is 15.9. The van der Waals surface area contributed by atoms with Gasteiger partial charge in [0.1, 0.15) is 5.03 Å². The quantitative estimate of drug-likeness (QED) is 0.0941. The summed E-state index contributed by atoms with van der Waals surface area (Å²) < 4.78 is 5.41. The van der Waals surface area contributed by atoms with Crippen molar-refractivity contribution in [3.63, 3.8) is 0 Å². The molecule has 0 radical (unpaired) electrons. The number of morpholine rings is 1. The van der Waals surface area contributed by atoms with Gasteiger partial charge >= 0.3 is 0 Å². The first-order valence-electron chi connectivity index (χ1n) is 13.2. The molecule has 0 bridgehead atoms. The lowest BCUT2D eigenvalue weighted by atomic mass is 10.2. The topological polar surface area (TPSA) is 112 Å². The molecule has 0 spiro atoms. The molecule has 1 fully saturated rings. The van der Waals surface area contributed by atoms with Crippen molar-refractivity contribution < 1.29 is 14.7 Å². The molecule has 0 unspecified atom stereocenters. The molecule has 0 saturated carbocycles. The van der Waals surface area contributed by atoms with Gasteiger partial charge in [0.25, 0.3) is 0 Å². The van der Waals surface area contributed by atoms with Crippen LogP contribution in [0.5, 0.6) is 0 Å². The molecule has 2 aromatic carbocycles. The summed E-state index contributed by atoms with van der Waals surface area (Å²) in [7, 11) is 0. The Morgan fingerprint density at radius 2 is 1.62 bits per heavy atom. The highest BCUT2D eigenvalue weighted by atomic mass is 32.2. The number of aryl methyl sites for hydroxylation is 1. The number of ether oxygens (including phenoxy) is 1. The Labute approximate surface area is 237 Å². The van der Waals surface area contributed by atoms with Gasteiger partial charge in [0.2, 0.25) is 12.4 Å². The van der Waals surface area contributed by atoms with Gasteiger partial charge < -0.3 is 25.5 Å². The molecule has 10 heteroatoms. The maximum absolute atomic E-state index is 10.5. The molecule has 212 valence electrons. The van der Waals surface area contributed by atoms with Crippen molar-refractivity contribution >= 4 is 47.4 Å². The predicted molar refractivity (Wildman–Crippen MR) is 163 cm³/mol. The normalized spacial score (nSPS) is 12.1. The van der Waals surface area contributed by atoms with Crippen LogP contribution in [0.4, 0.5) is 23.0 Å². The van der Waals surface area contributed by atoms with Crippen molar-refractivity contribution in [3.8, 4) is 0 Å². The van der Waals surface area contributed by atoms with E-state index < -0.39 is 0 Å². The summed E-state index contributed by atoms with van der Waals surface area (Å²) in [6.07, 6.45) is 5.05. The molecule has 4 rings (SSSR count). The first-order valence-corrected chi connectivity index (χ1v) is 14.0. The van der Waals surface area contributed by atoms with E-state index >= 15 is 0 Å². The average molecular weight is 555 g/mol. The number of hydrogen-bond donors (Lipinski definition) is 3. The molecule has 2 heterocycles. The molecular formula is C29H42N6O3S. The largest absolute Gasteiger partial charge is 0.411 e. The van der Waals surface area contributed by atoms with Crippen molar-refractivity contribution in [2.45, 2.75) is 57.9 Å². The molecule has 1 saturated heterocycles. The average Bonchev–Trinajstić information content (AvgIpc) is 2.98. The summed E-state index contributed by atoms with van der Waals surface area (Å²) in [5, 5.41) is 16.9. The second-order valence-corrected chi connectivity index (χ2v) is 8.98. The third kappa shape index (κ3) is 12.6. The summed E-state index contributed by atoms with van der Waals surface area (Å²) in [5.74, 6) is 0.557. The Hall–Kier alpha value is -3.63. The van der Waals surface area contributed by atoms with Crippen LogP contribution in [0.3, 0.4) is 0 Å². The van der Waals surface area contributed by atoms with Gasteiger partial charge in [-0.25, -0.2) is 9.97 Å². The number of oxime groups is 1. The van der Waals surface area contributed by atoms with Gasteiger partial charge in [0.05, 0.1) is 13.2 Å². The molecule has 9 nitrogen and oxygen atoms in total. The fraction of sp³-hybridized carbons (Fsp3) is 0.379. The highest BCUT2D eigenvalue weighted by Gasteiger charge is 2.11. The number of hydrogen-bond acceptors (Lipinski definition) is 9. The van der Waals surface area contributed by atoms with Crippen LogP contribution in [-0.4, -0.2) is 54.1 Å². The van der Waals surface area contributed by atoms with E-state index in [2.05, 4.69) is 56.6 Å². The van der Waals surface area contributed by atoms with E-state index in [4.69, 9.17) is 9.94 Å². The minimum Gasteiger partial charge on any atom is -0.411 e. The molecular weight excluding hydrogens is 512 g/mol. The number of nitrogens with zero attached hydrogens (tertiary/aromatic N) is 4. The number of nitrogens with one attached hydrogen (secondary N) is 2. The van der Waals surface area contributed by atoms with E-state index in [1.54, 1.807) is 18.7 Å². The van der Waals surface area contributed by atoms with Crippen molar-refractivity contribution in [2.24, 2.45) is 5.16 Å². The molecule has 39 heavy (non-hydrogen) atoms. The Bertz CT molecular complexity index is 1090. The lowest BCUT2D eigenvalue weighted by Crippen LogP contribution is -2.36. The molecule has 0 aliphatic carbocycles. The zero-order valence-electron chi connectivity index (χ0n) is 23.8. The first-order chi connectivity index (χ1) is 19.0. The zero-order valence-corrected chi connectivity index (χ0v) is 24.7. The van der Waals surface area contributed by atoms with Crippen LogP contribution in [0.25, 0.3) is 0 Å². The van der Waals surface area contributed by atoms with Gasteiger partial charge in [-0.1, -0.05) is 45.9 Å². The number of anilines is 4. The number of carbonyl (C=O) groups is 1. The zero-order chi connectivity index (χ0) is 28.9. The Morgan fingerprint density at radius 1 is 1.05 bits per heavy atom. The number of aromatic nitrogens is 2. The van der Waals surface area contributed by atoms with Gasteiger partial charge in [0.15, 0.2) is 0 Å². The summed E-state index contributed by atoms with van der Waals surface area (Å²) in [6.45, 7) is 15.3. The van der Waals surface area contributed by atoms with Crippen LogP contribution >= 0.6 is 11.8 Å². The molecule has 1 aliphatic heterocycles. The molecule has 1 aliphatic rings. The highest BCUT2D eigenvalue weighted by molar-refractivity contribution is 7.99. The Kier molecular flexibility index (Phi) is 17.4. The Morgan fingerprint density at radius 3 is 2.15 bits per heavy atom. The molecule has 3 aromatic rings. The number of rotatable bonds is 7. The van der Waals surface area contributed by atoms with Gasteiger partial charge in [-0.3, -0.25) is 4.79 Å². The van der Waals surface area contributed by atoms with Gasteiger partial charge in [-0.2, -0.15) is 0 Å². The fourth-order valence-corrected chi connectivity index (χ4v) is 3.94. The minimum atomic E-state index is 0.557. The third-order valence-corrected chi connectivity index (χ3v) is 5.95. The second kappa shape index (κ2) is 20.3. The van der Waals surface area contributed by atoms with Crippen LogP contribution in [0, 0.1) is 6.92 Å². The van der Waals surface area contributed by atoms with E-state index in [0.29, 0.717) is 12.4 Å². The number of benzene rings is 2. The maximum Gasteiger partial charge on any atom is 0.228 e. The van der Waals surface area contributed by atoms with E-state index in [9.17, 15) is 4.79 Å². The lowest BCUT2D eigenvalue weighted by Gasteiger charge is -2.28. The number of amides is 1. The molecule has 3 N–H and O–H groups in total. The van der Waals surface area contributed by atoms with Crippen molar-refractivity contribution in [1.82, 2.24) is 9.97 Å². The highest BCUT2D eigenvalue weighted by Crippen LogP contribution is 2.30. The SMILES string of the molecule is C/C=N/O.CC.CCC.Cc1cnc(Nc2ccc(N3CCOCC3)cc2)nc1Sc1ccc(NC=O)cc1. The van der Waals surface area contributed by atoms with Crippen molar-refractivity contribution in [2.75, 3.05) is 41.8 Å². The Balaban J connectivity index is 0.000000748. The fourth-order valence-electron chi connectivity index (χ4n) is 3.10. The van der Waals surface area contributed by atoms with Crippen LogP contribution in [0.2, 0.25) is 0 Å². The minimum absolute atomic E-state index is 0.557. The van der Waals surface area contributed by atoms with Gasteiger partial charge in [-0.05, 0) is 62.4 Å². The summed E-state index contributed by atoms with van der Waals surface area (Å²) >= 11 is 1.56. The predicted octanol–water partition coefficient (Wildman–Crippen LogP) is 6.99. The molecule has 1 amide bonds. The van der Waals surface area contributed by atoms with E-state index in [1.165, 1.54) is 18.3 Å². The summed E-state index contributed by atoms with van der Waals surface area (Å²) in [5.41, 5.74) is 3.90. The molecule has 1 aromatic heterocycles. The van der Waals surface area contributed by atoms with Gasteiger partial charge in [0, 0.05) is 53.0 Å². The van der Waals surface area contributed by atoms with E-state index in [1.807, 2.05) is 63.4 Å². The molecule has 0 atom stereocenters. The lowest BCUT2D eigenvalue weighted by molar-refractivity contribution is -0.105. The van der Waals surface area contributed by atoms with Crippen LogP contribution < -0.4 is 15.5 Å². The standard InChI is InChI=1S/C22H23N5O2S.C3H8.C2H5NO.C2H6/c1-16-14-23-22(26-21(16)30-20-8-4-17(5-9-20)24-15-28)25-18-2-6-19(7-3-18)27-10-12-29-13-11-27;1-3-2;1-2-3-4;1-2/h2-9,14-15H,10-13H2,1H3,(H,24,28)(H,23,25,26);3H2,1-2H3;2,4H,1H3;1-2H3/b;;3-2+;. The second-order valence-electron chi connectivity index (χ2n) is 7.92. The number of carbonyl (C=O) groups excluding carboxylic acids is 1. The van der Waals surface area contributed by atoms with Gasteiger partial charge in [-0.15, -0.1) is 5.16 Å². The van der Waals surface area contributed by atoms with E-state index in [-0.39, 0.29) is 0 Å².